The summed E-state index contributed by atoms with van der Waals surface area (Å²) in [6.07, 6.45) is 1.86. The van der Waals surface area contributed by atoms with Crippen LogP contribution in [0.3, 0.4) is 0 Å². The molecule has 1 unspecified atom stereocenters. The van der Waals surface area contributed by atoms with E-state index in [-0.39, 0.29) is 0 Å². The number of fused-ring (bicyclic) bond motifs is 1. The van der Waals surface area contributed by atoms with Crippen LogP contribution in [0.4, 0.5) is 0 Å². The van der Waals surface area contributed by atoms with Gasteiger partial charge in [0, 0.05) is 32.9 Å². The molecule has 3 aromatic rings. The molecule has 3 heteroatoms. The summed E-state index contributed by atoms with van der Waals surface area (Å²) < 4.78 is 0. The van der Waals surface area contributed by atoms with Crippen LogP contribution in [0.5, 0.6) is 0 Å². The summed E-state index contributed by atoms with van der Waals surface area (Å²) in [6.45, 7) is 5.34. The average Bonchev–Trinajstić information content (AvgIpc) is 2.97. The van der Waals surface area contributed by atoms with Crippen molar-refractivity contribution in [2.45, 2.75) is 19.9 Å². The highest BCUT2D eigenvalue weighted by Crippen LogP contribution is 2.34. The Labute approximate surface area is 123 Å². The van der Waals surface area contributed by atoms with Gasteiger partial charge >= 0.3 is 0 Å². The fourth-order valence-electron chi connectivity index (χ4n) is 2.44. The third kappa shape index (κ3) is 2.47. The number of thiophene rings is 1. The lowest BCUT2D eigenvalue weighted by atomic mass is 10.1. The number of aromatic nitrogens is 1. The molecule has 3 rings (SSSR count). The minimum Gasteiger partial charge on any atom is -0.310 e. The van der Waals surface area contributed by atoms with Crippen LogP contribution < -0.4 is 5.32 Å². The maximum Gasteiger partial charge on any atom is 0.0788 e. The van der Waals surface area contributed by atoms with Crippen molar-refractivity contribution in [1.82, 2.24) is 10.3 Å². The molecule has 102 valence electrons. The first-order valence-corrected chi connectivity index (χ1v) is 7.78. The number of nitrogens with zero attached hydrogens (tertiary/aromatic N) is 1. The standard InChI is InChI=1S/C17H18N2S/c1-3-18-12(2)15-9-10-16(20-15)14-8-4-6-13-7-5-11-19-17(13)14/h4-12,18H,3H2,1-2H3. The Morgan fingerprint density at radius 3 is 2.85 bits per heavy atom. The molecule has 1 atom stereocenters. The molecule has 0 aliphatic carbocycles. The summed E-state index contributed by atoms with van der Waals surface area (Å²) in [4.78, 5) is 7.20. The summed E-state index contributed by atoms with van der Waals surface area (Å²) in [5, 5.41) is 4.65. The van der Waals surface area contributed by atoms with E-state index in [1.165, 1.54) is 20.7 Å². The molecule has 0 aliphatic rings. The molecule has 2 aromatic heterocycles. The van der Waals surface area contributed by atoms with Gasteiger partial charge in [-0.3, -0.25) is 4.98 Å². The molecule has 1 N–H and O–H groups in total. The summed E-state index contributed by atoms with van der Waals surface area (Å²) in [6, 6.07) is 15.3. The van der Waals surface area contributed by atoms with Gasteiger partial charge in [0.15, 0.2) is 0 Å². The molecule has 2 heterocycles. The molecular weight excluding hydrogens is 264 g/mol. The van der Waals surface area contributed by atoms with E-state index in [2.05, 4.69) is 60.5 Å². The van der Waals surface area contributed by atoms with Gasteiger partial charge in [0.25, 0.3) is 0 Å². The Morgan fingerprint density at radius 2 is 2.00 bits per heavy atom. The smallest absolute Gasteiger partial charge is 0.0788 e. The van der Waals surface area contributed by atoms with E-state index in [1.807, 2.05) is 23.6 Å². The van der Waals surface area contributed by atoms with Gasteiger partial charge in [0.05, 0.1) is 5.52 Å². The second kappa shape index (κ2) is 5.73. The lowest BCUT2D eigenvalue weighted by molar-refractivity contribution is 0.607. The average molecular weight is 282 g/mol. The topological polar surface area (TPSA) is 24.9 Å². The van der Waals surface area contributed by atoms with Crippen molar-refractivity contribution in [2.75, 3.05) is 6.54 Å². The molecule has 2 nitrogen and oxygen atoms in total. The Kier molecular flexibility index (Phi) is 3.81. The maximum absolute atomic E-state index is 4.54. The fourth-order valence-corrected chi connectivity index (χ4v) is 3.50. The number of hydrogen-bond acceptors (Lipinski definition) is 3. The van der Waals surface area contributed by atoms with Crippen LogP contribution in [0.15, 0.2) is 48.7 Å². The van der Waals surface area contributed by atoms with E-state index < -0.39 is 0 Å². The molecule has 1 aromatic carbocycles. The highest BCUT2D eigenvalue weighted by Gasteiger charge is 2.10. The van der Waals surface area contributed by atoms with Gasteiger partial charge in [0.1, 0.15) is 0 Å². The maximum atomic E-state index is 4.54. The Hall–Kier alpha value is -1.71. The van der Waals surface area contributed by atoms with Gasteiger partial charge in [-0.25, -0.2) is 0 Å². The van der Waals surface area contributed by atoms with Gasteiger partial charge in [-0.2, -0.15) is 0 Å². The highest BCUT2D eigenvalue weighted by molar-refractivity contribution is 7.15. The Balaban J connectivity index is 2.03. The molecule has 0 fully saturated rings. The van der Waals surface area contributed by atoms with Crippen LogP contribution in [0.25, 0.3) is 21.3 Å². The lowest BCUT2D eigenvalue weighted by Gasteiger charge is -2.09. The summed E-state index contributed by atoms with van der Waals surface area (Å²) in [5.41, 5.74) is 2.31. The SMILES string of the molecule is CCNC(C)c1ccc(-c2cccc3cccnc23)s1. The molecule has 0 saturated carbocycles. The fraction of sp³-hybridized carbons (Fsp3) is 0.235. The van der Waals surface area contributed by atoms with E-state index in [0.717, 1.165) is 12.1 Å². The van der Waals surface area contributed by atoms with Crippen LogP contribution in [-0.4, -0.2) is 11.5 Å². The predicted molar refractivity (Wildman–Crippen MR) is 87.1 cm³/mol. The van der Waals surface area contributed by atoms with Crippen molar-refractivity contribution in [3.8, 4) is 10.4 Å². The number of para-hydroxylation sites is 1. The van der Waals surface area contributed by atoms with E-state index >= 15 is 0 Å². The number of nitrogens with one attached hydrogen (secondary N) is 1. The number of hydrogen-bond donors (Lipinski definition) is 1. The zero-order chi connectivity index (χ0) is 13.9. The monoisotopic (exact) mass is 282 g/mol. The van der Waals surface area contributed by atoms with E-state index in [0.29, 0.717) is 6.04 Å². The first-order valence-electron chi connectivity index (χ1n) is 6.97. The quantitative estimate of drug-likeness (QED) is 0.754. The molecule has 0 spiro atoms. The summed E-state index contributed by atoms with van der Waals surface area (Å²) in [5.74, 6) is 0. The highest BCUT2D eigenvalue weighted by atomic mass is 32.1. The minimum absolute atomic E-state index is 0.404. The van der Waals surface area contributed by atoms with Crippen molar-refractivity contribution in [3.05, 3.63) is 53.5 Å². The third-order valence-corrected chi connectivity index (χ3v) is 4.76. The molecule has 0 aliphatic heterocycles. The molecular formula is C17H18N2S. The van der Waals surface area contributed by atoms with Crippen molar-refractivity contribution in [1.29, 1.82) is 0 Å². The van der Waals surface area contributed by atoms with Crippen LogP contribution in [-0.2, 0) is 0 Å². The van der Waals surface area contributed by atoms with Gasteiger partial charge in [-0.15, -0.1) is 11.3 Å². The Morgan fingerprint density at radius 1 is 1.15 bits per heavy atom. The third-order valence-electron chi connectivity index (χ3n) is 3.46. The van der Waals surface area contributed by atoms with Gasteiger partial charge < -0.3 is 5.32 Å². The predicted octanol–water partition coefficient (Wildman–Crippen LogP) is 4.63. The number of pyridine rings is 1. The first-order chi connectivity index (χ1) is 9.79. The zero-order valence-corrected chi connectivity index (χ0v) is 12.6. The minimum atomic E-state index is 0.404. The number of rotatable bonds is 4. The van der Waals surface area contributed by atoms with Crippen LogP contribution in [0.1, 0.15) is 24.8 Å². The number of benzene rings is 1. The Bertz CT molecular complexity index is 712. The molecule has 0 saturated heterocycles. The summed E-state index contributed by atoms with van der Waals surface area (Å²) in [7, 11) is 0. The molecule has 0 radical (unpaired) electrons. The lowest BCUT2D eigenvalue weighted by Crippen LogP contribution is -2.16. The molecule has 20 heavy (non-hydrogen) atoms. The van der Waals surface area contributed by atoms with Crippen molar-refractivity contribution in [3.63, 3.8) is 0 Å². The second-order valence-corrected chi connectivity index (χ2v) is 5.98. The largest absolute Gasteiger partial charge is 0.310 e. The molecule has 0 amide bonds. The van der Waals surface area contributed by atoms with E-state index in [1.54, 1.807) is 0 Å². The first kappa shape index (κ1) is 13.3. The van der Waals surface area contributed by atoms with E-state index in [4.69, 9.17) is 0 Å². The van der Waals surface area contributed by atoms with Gasteiger partial charge in [-0.1, -0.05) is 31.2 Å². The van der Waals surface area contributed by atoms with Crippen molar-refractivity contribution < 1.29 is 0 Å². The van der Waals surface area contributed by atoms with Crippen LogP contribution in [0, 0.1) is 0 Å². The summed E-state index contributed by atoms with van der Waals surface area (Å²) >= 11 is 1.85. The van der Waals surface area contributed by atoms with Crippen molar-refractivity contribution >= 4 is 22.2 Å². The zero-order valence-electron chi connectivity index (χ0n) is 11.8. The van der Waals surface area contributed by atoms with Crippen LogP contribution >= 0.6 is 11.3 Å². The molecule has 0 bridgehead atoms. The van der Waals surface area contributed by atoms with Crippen LogP contribution in [0.2, 0.25) is 0 Å². The second-order valence-electron chi connectivity index (χ2n) is 4.86. The van der Waals surface area contributed by atoms with Gasteiger partial charge in [0.2, 0.25) is 0 Å². The van der Waals surface area contributed by atoms with Crippen molar-refractivity contribution in [2.24, 2.45) is 0 Å². The van der Waals surface area contributed by atoms with E-state index in [9.17, 15) is 0 Å². The normalized spacial score (nSPS) is 12.7. The van der Waals surface area contributed by atoms with Gasteiger partial charge in [-0.05, 0) is 31.7 Å².